The Kier molecular flexibility index (Phi) is 10.0. The molecule has 0 aliphatic carbocycles. The molecule has 0 aliphatic rings. The number of benzene rings is 3. The SMILES string of the molecule is CCNC(=O)C(C)N(Cc1c(Cl)cccc1Cl)C(=O)CN(c1cccc(C)c1C)S(=O)(=O)c1ccc(C)cc1. The lowest BCUT2D eigenvalue weighted by molar-refractivity contribution is -0.139. The molecule has 1 atom stereocenters. The lowest BCUT2D eigenvalue weighted by atomic mass is 10.1. The van der Waals surface area contributed by atoms with Crippen LogP contribution in [0.2, 0.25) is 10.0 Å². The van der Waals surface area contributed by atoms with Gasteiger partial charge in [0, 0.05) is 28.7 Å². The minimum absolute atomic E-state index is 0.0549. The van der Waals surface area contributed by atoms with Crippen LogP contribution in [0.15, 0.2) is 65.6 Å². The van der Waals surface area contributed by atoms with E-state index in [1.807, 2.05) is 26.8 Å². The zero-order chi connectivity index (χ0) is 28.9. The molecule has 0 fully saturated rings. The predicted molar refractivity (Wildman–Crippen MR) is 157 cm³/mol. The number of nitrogens with zero attached hydrogens (tertiary/aromatic N) is 2. The van der Waals surface area contributed by atoms with E-state index in [-0.39, 0.29) is 17.3 Å². The Morgan fingerprint density at radius 3 is 2.10 bits per heavy atom. The van der Waals surface area contributed by atoms with Gasteiger partial charge in [0.05, 0.1) is 10.6 Å². The molecule has 2 amide bonds. The fourth-order valence-corrected chi connectivity index (χ4v) is 6.10. The van der Waals surface area contributed by atoms with Gasteiger partial charge in [-0.25, -0.2) is 8.42 Å². The van der Waals surface area contributed by atoms with Crippen LogP contribution in [0.5, 0.6) is 0 Å². The number of carbonyl (C=O) groups excluding carboxylic acids is 2. The fraction of sp³-hybridized carbons (Fsp3) is 0.310. The van der Waals surface area contributed by atoms with Crippen LogP contribution in [-0.4, -0.2) is 44.3 Å². The van der Waals surface area contributed by atoms with E-state index in [0.29, 0.717) is 27.8 Å². The number of rotatable bonds is 10. The molecule has 1 N–H and O–H groups in total. The van der Waals surface area contributed by atoms with Gasteiger partial charge in [0.25, 0.3) is 10.0 Å². The summed E-state index contributed by atoms with van der Waals surface area (Å²) in [4.78, 5) is 28.2. The van der Waals surface area contributed by atoms with Gasteiger partial charge in [-0.3, -0.25) is 13.9 Å². The third kappa shape index (κ3) is 6.93. The summed E-state index contributed by atoms with van der Waals surface area (Å²) in [6.45, 7) is 8.67. The summed E-state index contributed by atoms with van der Waals surface area (Å²) >= 11 is 12.8. The first-order valence-electron chi connectivity index (χ1n) is 12.5. The van der Waals surface area contributed by atoms with Gasteiger partial charge in [-0.05, 0) is 76.1 Å². The zero-order valence-corrected chi connectivity index (χ0v) is 25.0. The molecule has 0 radical (unpaired) electrons. The van der Waals surface area contributed by atoms with E-state index in [4.69, 9.17) is 23.2 Å². The Labute approximate surface area is 240 Å². The van der Waals surface area contributed by atoms with Crippen molar-refractivity contribution in [2.75, 3.05) is 17.4 Å². The Bertz CT molecular complexity index is 1440. The van der Waals surface area contributed by atoms with Gasteiger partial charge < -0.3 is 10.2 Å². The quantitative estimate of drug-likeness (QED) is 0.330. The zero-order valence-electron chi connectivity index (χ0n) is 22.7. The molecule has 0 aromatic heterocycles. The second kappa shape index (κ2) is 12.9. The number of amides is 2. The number of carbonyl (C=O) groups is 2. The van der Waals surface area contributed by atoms with Crippen LogP contribution in [0, 0.1) is 20.8 Å². The van der Waals surface area contributed by atoms with E-state index in [9.17, 15) is 18.0 Å². The molecule has 3 rings (SSSR count). The topological polar surface area (TPSA) is 86.8 Å². The van der Waals surface area contributed by atoms with Gasteiger partial charge in [-0.1, -0.05) is 59.1 Å². The van der Waals surface area contributed by atoms with Gasteiger partial charge in [0.2, 0.25) is 11.8 Å². The smallest absolute Gasteiger partial charge is 0.264 e. The first-order valence-corrected chi connectivity index (χ1v) is 14.7. The number of halogens is 2. The number of aryl methyl sites for hydroxylation is 2. The van der Waals surface area contributed by atoms with Gasteiger partial charge in [-0.15, -0.1) is 0 Å². The minimum atomic E-state index is -4.15. The van der Waals surface area contributed by atoms with Crippen LogP contribution in [0.25, 0.3) is 0 Å². The number of sulfonamides is 1. The summed E-state index contributed by atoms with van der Waals surface area (Å²) in [5.41, 5.74) is 3.34. The average molecular weight is 591 g/mol. The Morgan fingerprint density at radius 2 is 1.51 bits per heavy atom. The maximum atomic E-state index is 14.0. The number of nitrogens with one attached hydrogen (secondary N) is 1. The van der Waals surface area contributed by atoms with E-state index in [1.165, 1.54) is 17.0 Å². The van der Waals surface area contributed by atoms with Crippen LogP contribution in [0.1, 0.15) is 36.1 Å². The summed E-state index contributed by atoms with van der Waals surface area (Å²) in [5.74, 6) is -0.963. The van der Waals surface area contributed by atoms with Crippen LogP contribution in [0.3, 0.4) is 0 Å². The normalized spacial score (nSPS) is 12.1. The summed E-state index contributed by atoms with van der Waals surface area (Å²) in [6, 6.07) is 15.8. The summed E-state index contributed by atoms with van der Waals surface area (Å²) in [7, 11) is -4.15. The van der Waals surface area contributed by atoms with Crippen molar-refractivity contribution in [3.8, 4) is 0 Å². The van der Waals surface area contributed by atoms with Crippen molar-refractivity contribution in [1.82, 2.24) is 10.2 Å². The van der Waals surface area contributed by atoms with Crippen LogP contribution >= 0.6 is 23.2 Å². The van der Waals surface area contributed by atoms with Crippen molar-refractivity contribution < 1.29 is 18.0 Å². The summed E-state index contributed by atoms with van der Waals surface area (Å²) < 4.78 is 29.0. The fourth-order valence-electron chi connectivity index (χ4n) is 4.11. The summed E-state index contributed by atoms with van der Waals surface area (Å²) in [6.07, 6.45) is 0. The van der Waals surface area contributed by atoms with E-state index < -0.39 is 28.5 Å². The lowest BCUT2D eigenvalue weighted by Gasteiger charge is -2.33. The third-order valence-corrected chi connectivity index (χ3v) is 9.12. The van der Waals surface area contributed by atoms with Gasteiger partial charge >= 0.3 is 0 Å². The second-order valence-electron chi connectivity index (χ2n) is 9.34. The van der Waals surface area contributed by atoms with Crippen molar-refractivity contribution in [3.05, 3.63) is 93.0 Å². The molecule has 7 nitrogen and oxygen atoms in total. The van der Waals surface area contributed by atoms with Gasteiger partial charge in [0.15, 0.2) is 0 Å². The molecule has 0 bridgehead atoms. The van der Waals surface area contributed by atoms with Crippen molar-refractivity contribution in [2.24, 2.45) is 0 Å². The van der Waals surface area contributed by atoms with Crippen molar-refractivity contribution in [3.63, 3.8) is 0 Å². The van der Waals surface area contributed by atoms with Crippen molar-refractivity contribution >= 4 is 50.7 Å². The third-order valence-electron chi connectivity index (χ3n) is 6.64. The molecule has 0 aliphatic heterocycles. The molecule has 0 spiro atoms. The van der Waals surface area contributed by atoms with Crippen LogP contribution in [0.4, 0.5) is 5.69 Å². The van der Waals surface area contributed by atoms with Crippen molar-refractivity contribution in [2.45, 2.75) is 52.1 Å². The number of hydrogen-bond donors (Lipinski definition) is 1. The van der Waals surface area contributed by atoms with E-state index in [2.05, 4.69) is 5.32 Å². The molecule has 208 valence electrons. The van der Waals surface area contributed by atoms with Crippen LogP contribution < -0.4 is 9.62 Å². The second-order valence-corrected chi connectivity index (χ2v) is 12.0. The number of likely N-dealkylation sites (N-methyl/N-ethyl adjacent to an activating group) is 1. The summed E-state index contributed by atoms with van der Waals surface area (Å²) in [5, 5.41) is 3.40. The number of hydrogen-bond acceptors (Lipinski definition) is 4. The average Bonchev–Trinajstić information content (AvgIpc) is 2.89. The largest absolute Gasteiger partial charge is 0.355 e. The molecular weight excluding hydrogens is 557 g/mol. The Morgan fingerprint density at radius 1 is 0.923 bits per heavy atom. The van der Waals surface area contributed by atoms with E-state index in [1.54, 1.807) is 56.3 Å². The van der Waals surface area contributed by atoms with Gasteiger partial charge in [-0.2, -0.15) is 0 Å². The lowest BCUT2D eigenvalue weighted by Crippen LogP contribution is -2.51. The molecule has 0 heterocycles. The maximum Gasteiger partial charge on any atom is 0.264 e. The molecule has 0 saturated carbocycles. The molecule has 1 unspecified atom stereocenters. The monoisotopic (exact) mass is 589 g/mol. The highest BCUT2D eigenvalue weighted by atomic mass is 35.5. The predicted octanol–water partition coefficient (Wildman–Crippen LogP) is 5.67. The highest BCUT2D eigenvalue weighted by Gasteiger charge is 2.33. The Balaban J connectivity index is 2.11. The minimum Gasteiger partial charge on any atom is -0.355 e. The molecule has 3 aromatic carbocycles. The molecule has 0 saturated heterocycles. The van der Waals surface area contributed by atoms with Crippen molar-refractivity contribution in [1.29, 1.82) is 0 Å². The molecular formula is C29H33Cl2N3O4S. The van der Waals surface area contributed by atoms with E-state index in [0.717, 1.165) is 21.0 Å². The van der Waals surface area contributed by atoms with E-state index >= 15 is 0 Å². The maximum absolute atomic E-state index is 14.0. The highest BCUT2D eigenvalue weighted by molar-refractivity contribution is 7.92. The molecule has 10 heteroatoms. The molecule has 39 heavy (non-hydrogen) atoms. The number of anilines is 1. The van der Waals surface area contributed by atoms with Gasteiger partial charge in [0.1, 0.15) is 12.6 Å². The Hall–Kier alpha value is -3.07. The first kappa shape index (κ1) is 30.5. The molecule has 3 aromatic rings. The first-order chi connectivity index (χ1) is 18.4. The standard InChI is InChI=1S/C29H33Cl2N3O4S/c1-6-32-29(36)22(5)33(17-24-25(30)10-8-11-26(24)31)28(35)18-34(27-12-7-9-20(3)21(27)4)39(37,38)23-15-13-19(2)14-16-23/h7-16,22H,6,17-18H2,1-5H3,(H,32,36). The van der Waals surface area contributed by atoms with Crippen LogP contribution in [-0.2, 0) is 26.2 Å². The highest BCUT2D eigenvalue weighted by Crippen LogP contribution is 2.30.